The number of hydrogen-bond donors (Lipinski definition) is 0. The van der Waals surface area contributed by atoms with E-state index in [9.17, 15) is 0 Å². The molecule has 0 N–H and O–H groups in total. The Morgan fingerprint density at radius 3 is 3.00 bits per heavy atom. The Balaban J connectivity index is 2.22. The van der Waals surface area contributed by atoms with Gasteiger partial charge < -0.3 is 4.74 Å². The molecule has 1 heteroatoms. The Hall–Kier alpha value is -0.300. The summed E-state index contributed by atoms with van der Waals surface area (Å²) >= 11 is 0. The highest BCUT2D eigenvalue weighted by atomic mass is 16.5. The summed E-state index contributed by atoms with van der Waals surface area (Å²) in [6.45, 7) is 6.84. The van der Waals surface area contributed by atoms with E-state index in [-0.39, 0.29) is 0 Å². The van der Waals surface area contributed by atoms with Crippen molar-refractivity contribution in [2.45, 2.75) is 32.3 Å². The molecule has 0 amide bonds. The Labute approximate surface area is 56.7 Å². The topological polar surface area (TPSA) is 9.23 Å². The largest absolute Gasteiger partial charge is 0.374 e. The zero-order chi connectivity index (χ0) is 6.69. The van der Waals surface area contributed by atoms with Gasteiger partial charge in [0.15, 0.2) is 0 Å². The fraction of sp³-hybridized carbons (Fsp3) is 0.750. The monoisotopic (exact) mass is 126 g/mol. The summed E-state index contributed by atoms with van der Waals surface area (Å²) in [6.07, 6.45) is 3.99. The zero-order valence-electron chi connectivity index (χ0n) is 6.02. The summed E-state index contributed by atoms with van der Waals surface area (Å²) in [5.74, 6) is 0. The van der Waals surface area contributed by atoms with Gasteiger partial charge in [-0.3, -0.25) is 0 Å². The molecule has 1 atom stereocenters. The Morgan fingerprint density at radius 1 is 1.78 bits per heavy atom. The molecule has 1 aliphatic heterocycles. The normalized spacial score (nSPS) is 27.2. The van der Waals surface area contributed by atoms with E-state index in [1.54, 1.807) is 0 Å². The van der Waals surface area contributed by atoms with Gasteiger partial charge >= 0.3 is 0 Å². The van der Waals surface area contributed by atoms with Crippen molar-refractivity contribution < 1.29 is 4.74 Å². The fourth-order valence-electron chi connectivity index (χ4n) is 1.18. The number of hydrogen-bond acceptors (Lipinski definition) is 1. The van der Waals surface area contributed by atoms with Crippen LogP contribution >= 0.6 is 0 Å². The average molecular weight is 126 g/mol. The maximum Gasteiger partial charge on any atom is 0.0679 e. The molecule has 1 rings (SSSR count). The van der Waals surface area contributed by atoms with Crippen LogP contribution in [0.15, 0.2) is 12.2 Å². The van der Waals surface area contributed by atoms with Gasteiger partial charge in [0.1, 0.15) is 0 Å². The first-order valence-electron chi connectivity index (χ1n) is 3.61. The van der Waals surface area contributed by atoms with Gasteiger partial charge in [0.05, 0.1) is 12.7 Å². The van der Waals surface area contributed by atoms with Crippen LogP contribution < -0.4 is 0 Å². The van der Waals surface area contributed by atoms with E-state index in [1.165, 1.54) is 18.4 Å². The van der Waals surface area contributed by atoms with E-state index in [0.29, 0.717) is 6.10 Å². The van der Waals surface area contributed by atoms with Crippen molar-refractivity contribution in [3.63, 3.8) is 0 Å². The molecule has 0 radical (unpaired) electrons. The predicted molar refractivity (Wildman–Crippen MR) is 38.4 cm³/mol. The van der Waals surface area contributed by atoms with Crippen molar-refractivity contribution in [2.75, 3.05) is 6.61 Å². The summed E-state index contributed by atoms with van der Waals surface area (Å²) in [7, 11) is 0. The second-order valence-electron chi connectivity index (χ2n) is 2.68. The molecular formula is C8H14O. The molecule has 0 spiro atoms. The van der Waals surface area contributed by atoms with E-state index in [2.05, 4.69) is 13.5 Å². The fourth-order valence-corrected chi connectivity index (χ4v) is 1.18. The van der Waals surface area contributed by atoms with Crippen LogP contribution in [0.5, 0.6) is 0 Å². The van der Waals surface area contributed by atoms with Gasteiger partial charge in [-0.1, -0.05) is 19.9 Å². The van der Waals surface area contributed by atoms with Crippen molar-refractivity contribution >= 4 is 0 Å². The lowest BCUT2D eigenvalue weighted by atomic mass is 10.1. The van der Waals surface area contributed by atoms with E-state index in [4.69, 9.17) is 4.74 Å². The van der Waals surface area contributed by atoms with Gasteiger partial charge in [-0.05, 0) is 18.4 Å². The minimum absolute atomic E-state index is 0.488. The molecule has 0 bridgehead atoms. The van der Waals surface area contributed by atoms with Gasteiger partial charge in [0.2, 0.25) is 0 Å². The number of rotatable bonds is 2. The Morgan fingerprint density at radius 2 is 2.56 bits per heavy atom. The Bertz CT molecular complexity index is 107. The maximum atomic E-state index is 5.41. The van der Waals surface area contributed by atoms with Gasteiger partial charge in [-0.15, -0.1) is 0 Å². The summed E-state index contributed by atoms with van der Waals surface area (Å²) in [4.78, 5) is 0. The van der Waals surface area contributed by atoms with Gasteiger partial charge in [0, 0.05) is 0 Å². The molecule has 1 fully saturated rings. The van der Waals surface area contributed by atoms with Gasteiger partial charge in [0.25, 0.3) is 0 Å². The van der Waals surface area contributed by atoms with E-state index in [1.807, 2.05) is 0 Å². The van der Waals surface area contributed by atoms with Crippen molar-refractivity contribution in [1.29, 1.82) is 0 Å². The third kappa shape index (κ3) is 1.83. The van der Waals surface area contributed by atoms with Crippen molar-refractivity contribution in [2.24, 2.45) is 0 Å². The molecule has 1 aliphatic rings. The molecular weight excluding hydrogens is 112 g/mol. The van der Waals surface area contributed by atoms with Crippen molar-refractivity contribution in [1.82, 2.24) is 0 Å². The SMILES string of the molecule is C=C1COC(CCC)C1. The third-order valence-corrected chi connectivity index (χ3v) is 1.65. The van der Waals surface area contributed by atoms with Crippen LogP contribution in [-0.4, -0.2) is 12.7 Å². The quantitative estimate of drug-likeness (QED) is 0.515. The standard InChI is InChI=1S/C8H14O/c1-3-4-8-5-7(2)6-9-8/h8H,2-6H2,1H3. The third-order valence-electron chi connectivity index (χ3n) is 1.65. The summed E-state index contributed by atoms with van der Waals surface area (Å²) in [5.41, 5.74) is 1.26. The Kier molecular flexibility index (Phi) is 2.29. The molecule has 52 valence electrons. The summed E-state index contributed by atoms with van der Waals surface area (Å²) in [5, 5.41) is 0. The van der Waals surface area contributed by atoms with Crippen molar-refractivity contribution in [3.8, 4) is 0 Å². The second-order valence-corrected chi connectivity index (χ2v) is 2.68. The van der Waals surface area contributed by atoms with E-state index < -0.39 is 0 Å². The van der Waals surface area contributed by atoms with E-state index >= 15 is 0 Å². The molecule has 1 saturated heterocycles. The van der Waals surface area contributed by atoms with Gasteiger partial charge in [-0.2, -0.15) is 0 Å². The molecule has 0 aromatic rings. The molecule has 0 aromatic carbocycles. The molecule has 9 heavy (non-hydrogen) atoms. The first kappa shape index (κ1) is 6.81. The maximum absolute atomic E-state index is 5.41. The van der Waals surface area contributed by atoms with Crippen molar-refractivity contribution in [3.05, 3.63) is 12.2 Å². The lowest BCUT2D eigenvalue weighted by molar-refractivity contribution is 0.106. The predicted octanol–water partition coefficient (Wildman–Crippen LogP) is 2.13. The highest BCUT2D eigenvalue weighted by Gasteiger charge is 2.16. The first-order valence-corrected chi connectivity index (χ1v) is 3.61. The van der Waals surface area contributed by atoms with Crippen LogP contribution in [0, 0.1) is 0 Å². The van der Waals surface area contributed by atoms with Gasteiger partial charge in [-0.25, -0.2) is 0 Å². The van der Waals surface area contributed by atoms with Crippen LogP contribution in [0.2, 0.25) is 0 Å². The van der Waals surface area contributed by atoms with E-state index in [0.717, 1.165) is 13.0 Å². The first-order chi connectivity index (χ1) is 4.33. The highest BCUT2D eigenvalue weighted by molar-refractivity contribution is 5.01. The molecule has 0 aliphatic carbocycles. The lowest BCUT2D eigenvalue weighted by Crippen LogP contribution is -2.02. The lowest BCUT2D eigenvalue weighted by Gasteiger charge is -2.04. The van der Waals surface area contributed by atoms with Crippen LogP contribution in [-0.2, 0) is 4.74 Å². The van der Waals surface area contributed by atoms with Crippen LogP contribution in [0.4, 0.5) is 0 Å². The molecule has 0 aromatic heterocycles. The van der Waals surface area contributed by atoms with Crippen LogP contribution in [0.25, 0.3) is 0 Å². The summed E-state index contributed by atoms with van der Waals surface area (Å²) in [6, 6.07) is 0. The molecule has 1 heterocycles. The average Bonchev–Trinajstić information content (AvgIpc) is 2.17. The number of ether oxygens (including phenoxy) is 1. The minimum Gasteiger partial charge on any atom is -0.374 e. The molecule has 0 saturated carbocycles. The minimum atomic E-state index is 0.488. The zero-order valence-corrected chi connectivity index (χ0v) is 6.02. The van der Waals surface area contributed by atoms with Crippen LogP contribution in [0.3, 0.4) is 0 Å². The second kappa shape index (κ2) is 3.02. The molecule has 1 nitrogen and oxygen atoms in total. The summed E-state index contributed by atoms with van der Waals surface area (Å²) < 4.78 is 5.41. The smallest absolute Gasteiger partial charge is 0.0679 e. The highest BCUT2D eigenvalue weighted by Crippen LogP contribution is 2.19. The molecule has 1 unspecified atom stereocenters. The van der Waals surface area contributed by atoms with Crippen LogP contribution in [0.1, 0.15) is 26.2 Å².